The molecular weight excluding hydrogens is 276 g/mol. The van der Waals surface area contributed by atoms with Gasteiger partial charge in [-0.05, 0) is 26.2 Å². The Morgan fingerprint density at radius 3 is 3.30 bits per heavy atom. The molecule has 0 radical (unpaired) electrons. The van der Waals surface area contributed by atoms with Crippen LogP contribution in [0.4, 0.5) is 10.6 Å². The summed E-state index contributed by atoms with van der Waals surface area (Å²) in [5.41, 5.74) is 1.17. The van der Waals surface area contributed by atoms with Crippen LogP contribution in [0.15, 0.2) is 16.9 Å². The normalized spacial score (nSPS) is 17.6. The van der Waals surface area contributed by atoms with Gasteiger partial charge in [0.25, 0.3) is 0 Å². The number of aryl methyl sites for hydroxylation is 2. The molecule has 0 saturated heterocycles. The molecule has 7 heteroatoms. The molecule has 3 rings (SSSR count). The molecule has 1 atom stereocenters. The van der Waals surface area contributed by atoms with E-state index < -0.39 is 0 Å². The Hall–Kier alpha value is -1.89. The molecule has 106 valence electrons. The van der Waals surface area contributed by atoms with Gasteiger partial charge in [-0.3, -0.25) is 5.32 Å². The predicted molar refractivity (Wildman–Crippen MR) is 76.1 cm³/mol. The molecule has 0 saturated carbocycles. The first-order valence-electron chi connectivity index (χ1n) is 6.64. The molecule has 2 N–H and O–H groups in total. The van der Waals surface area contributed by atoms with Gasteiger partial charge in [-0.1, -0.05) is 5.16 Å². The molecule has 0 aromatic carbocycles. The molecule has 0 bridgehead atoms. The third-order valence-corrected chi connectivity index (χ3v) is 4.41. The first-order valence-corrected chi connectivity index (χ1v) is 7.45. The second kappa shape index (κ2) is 5.62. The van der Waals surface area contributed by atoms with E-state index in [2.05, 4.69) is 25.3 Å². The molecule has 0 unspecified atom stereocenters. The van der Waals surface area contributed by atoms with E-state index in [0.717, 1.165) is 24.3 Å². The number of anilines is 1. The monoisotopic (exact) mass is 292 g/mol. The fraction of sp³-hybridized carbons (Fsp3) is 0.462. The highest BCUT2D eigenvalue weighted by Crippen LogP contribution is 2.34. The fourth-order valence-corrected chi connectivity index (χ4v) is 3.55. The number of nitrogens with one attached hydrogen (secondary N) is 2. The van der Waals surface area contributed by atoms with Crippen LogP contribution in [0, 0.1) is 6.92 Å². The number of fused-ring (bicyclic) bond motifs is 1. The number of urea groups is 1. The number of carbonyl (C=O) groups excluding carboxylic acids is 1. The Morgan fingerprint density at radius 2 is 2.50 bits per heavy atom. The van der Waals surface area contributed by atoms with Crippen molar-refractivity contribution in [2.24, 2.45) is 0 Å². The topological polar surface area (TPSA) is 80.0 Å². The van der Waals surface area contributed by atoms with Gasteiger partial charge in [0.15, 0.2) is 5.82 Å². The van der Waals surface area contributed by atoms with E-state index in [4.69, 9.17) is 0 Å². The zero-order chi connectivity index (χ0) is 13.9. The van der Waals surface area contributed by atoms with Crippen LogP contribution in [0.2, 0.25) is 0 Å². The van der Waals surface area contributed by atoms with Gasteiger partial charge in [0, 0.05) is 23.4 Å². The van der Waals surface area contributed by atoms with Crippen LogP contribution in [-0.2, 0) is 6.42 Å². The standard InChI is InChI=1S/C13H16N4O2S/c1-8-15-12-9(3-2-4-10(12)20-8)7-14-13(18)16-11-5-6-19-17-11/h5-6,9H,2-4,7H2,1H3,(H2,14,16,17,18)/t9-/m1/s1. The lowest BCUT2D eigenvalue weighted by molar-refractivity contribution is 0.250. The molecule has 0 aliphatic heterocycles. The molecule has 2 heterocycles. The Labute approximate surface area is 120 Å². The second-order valence-corrected chi connectivity index (χ2v) is 6.14. The molecule has 0 spiro atoms. The van der Waals surface area contributed by atoms with E-state index in [1.807, 2.05) is 6.92 Å². The van der Waals surface area contributed by atoms with Gasteiger partial charge in [0.2, 0.25) is 0 Å². The predicted octanol–water partition coefficient (Wildman–Crippen LogP) is 2.68. The summed E-state index contributed by atoms with van der Waals surface area (Å²) in [5.74, 6) is 0.725. The van der Waals surface area contributed by atoms with Crippen molar-refractivity contribution in [3.63, 3.8) is 0 Å². The van der Waals surface area contributed by atoms with Crippen molar-refractivity contribution in [3.05, 3.63) is 27.9 Å². The Bertz CT molecular complexity index is 594. The van der Waals surface area contributed by atoms with Crippen molar-refractivity contribution >= 4 is 23.2 Å². The number of hydrogen-bond acceptors (Lipinski definition) is 5. The van der Waals surface area contributed by atoms with Gasteiger partial charge in [-0.25, -0.2) is 9.78 Å². The van der Waals surface area contributed by atoms with Crippen molar-refractivity contribution in [1.82, 2.24) is 15.5 Å². The lowest BCUT2D eigenvalue weighted by Gasteiger charge is -2.21. The number of amides is 2. The van der Waals surface area contributed by atoms with Crippen molar-refractivity contribution < 1.29 is 9.32 Å². The van der Waals surface area contributed by atoms with Gasteiger partial charge < -0.3 is 9.84 Å². The van der Waals surface area contributed by atoms with Crippen molar-refractivity contribution in [2.45, 2.75) is 32.1 Å². The smallest absolute Gasteiger partial charge is 0.320 e. The Morgan fingerprint density at radius 1 is 1.60 bits per heavy atom. The van der Waals surface area contributed by atoms with Crippen LogP contribution >= 0.6 is 11.3 Å². The summed E-state index contributed by atoms with van der Waals surface area (Å²) in [6.45, 7) is 2.63. The summed E-state index contributed by atoms with van der Waals surface area (Å²) in [6.07, 6.45) is 4.76. The highest BCUT2D eigenvalue weighted by atomic mass is 32.1. The van der Waals surface area contributed by atoms with E-state index in [-0.39, 0.29) is 6.03 Å². The summed E-state index contributed by atoms with van der Waals surface area (Å²) in [6, 6.07) is 1.33. The first kappa shape index (κ1) is 13.1. The Kier molecular flexibility index (Phi) is 3.68. The van der Waals surface area contributed by atoms with Crippen molar-refractivity contribution in [3.8, 4) is 0 Å². The molecule has 2 aromatic rings. The van der Waals surface area contributed by atoms with Gasteiger partial charge in [0.1, 0.15) is 6.26 Å². The summed E-state index contributed by atoms with van der Waals surface area (Å²) in [4.78, 5) is 17.7. The summed E-state index contributed by atoms with van der Waals surface area (Å²) < 4.78 is 4.66. The van der Waals surface area contributed by atoms with Gasteiger partial charge in [-0.2, -0.15) is 0 Å². The molecule has 2 aromatic heterocycles. The number of nitrogens with zero attached hydrogens (tertiary/aromatic N) is 2. The van der Waals surface area contributed by atoms with Crippen molar-refractivity contribution in [1.29, 1.82) is 0 Å². The van der Waals surface area contributed by atoms with E-state index >= 15 is 0 Å². The minimum absolute atomic E-state index is 0.266. The van der Waals surface area contributed by atoms with E-state index in [9.17, 15) is 4.79 Å². The van der Waals surface area contributed by atoms with Crippen LogP contribution in [-0.4, -0.2) is 22.7 Å². The molecule has 20 heavy (non-hydrogen) atoms. The first-order chi connectivity index (χ1) is 9.72. The maximum atomic E-state index is 11.7. The SMILES string of the molecule is Cc1nc2c(s1)CCC[C@@H]2CNC(=O)Nc1ccon1. The minimum atomic E-state index is -0.266. The lowest BCUT2D eigenvalue weighted by atomic mass is 9.91. The third kappa shape index (κ3) is 2.82. The molecule has 1 aliphatic carbocycles. The number of rotatable bonds is 3. The van der Waals surface area contributed by atoms with E-state index in [0.29, 0.717) is 18.3 Å². The number of carbonyl (C=O) groups is 1. The molecule has 1 aliphatic rings. The van der Waals surface area contributed by atoms with Crippen molar-refractivity contribution in [2.75, 3.05) is 11.9 Å². The number of thiazole rings is 1. The van der Waals surface area contributed by atoms with Crippen LogP contribution in [0.25, 0.3) is 0 Å². The summed E-state index contributed by atoms with van der Waals surface area (Å²) >= 11 is 1.77. The average molecular weight is 292 g/mol. The zero-order valence-corrected chi connectivity index (χ0v) is 12.0. The Balaban J connectivity index is 1.57. The lowest BCUT2D eigenvalue weighted by Crippen LogP contribution is -2.33. The van der Waals surface area contributed by atoms with Crippen LogP contribution in [0.3, 0.4) is 0 Å². The third-order valence-electron chi connectivity index (χ3n) is 3.37. The van der Waals surface area contributed by atoms with E-state index in [1.165, 1.54) is 16.8 Å². The highest BCUT2D eigenvalue weighted by Gasteiger charge is 2.24. The molecule has 2 amide bonds. The van der Waals surface area contributed by atoms with Crippen LogP contribution in [0.5, 0.6) is 0 Å². The number of hydrogen-bond donors (Lipinski definition) is 2. The fourth-order valence-electron chi connectivity index (χ4n) is 2.48. The number of aromatic nitrogens is 2. The molecular formula is C13H16N4O2S. The summed E-state index contributed by atoms with van der Waals surface area (Å²) in [5, 5.41) is 10.2. The van der Waals surface area contributed by atoms with Gasteiger partial charge in [-0.15, -0.1) is 11.3 Å². The van der Waals surface area contributed by atoms with E-state index in [1.54, 1.807) is 17.4 Å². The zero-order valence-electron chi connectivity index (χ0n) is 11.2. The maximum absolute atomic E-state index is 11.7. The largest absolute Gasteiger partial charge is 0.363 e. The molecule has 6 nitrogen and oxygen atoms in total. The van der Waals surface area contributed by atoms with Crippen LogP contribution in [0.1, 0.15) is 34.3 Å². The second-order valence-electron chi connectivity index (χ2n) is 4.85. The maximum Gasteiger partial charge on any atom is 0.320 e. The van der Waals surface area contributed by atoms with Gasteiger partial charge in [0.05, 0.1) is 10.7 Å². The molecule has 0 fully saturated rings. The summed E-state index contributed by atoms with van der Waals surface area (Å²) in [7, 11) is 0. The minimum Gasteiger partial charge on any atom is -0.363 e. The average Bonchev–Trinajstić information content (AvgIpc) is 3.04. The highest BCUT2D eigenvalue weighted by molar-refractivity contribution is 7.11. The quantitative estimate of drug-likeness (QED) is 0.911. The van der Waals surface area contributed by atoms with Gasteiger partial charge >= 0.3 is 6.03 Å². The van der Waals surface area contributed by atoms with Crippen LogP contribution < -0.4 is 10.6 Å².